The van der Waals surface area contributed by atoms with E-state index in [1.165, 1.54) is 17.4 Å². The molecule has 0 bridgehead atoms. The fourth-order valence-corrected chi connectivity index (χ4v) is 4.02. The number of thiophene rings is 1. The molecule has 3 heterocycles. The van der Waals surface area contributed by atoms with Gasteiger partial charge in [0.15, 0.2) is 0 Å². The summed E-state index contributed by atoms with van der Waals surface area (Å²) in [5, 5.41) is 5.24. The number of rotatable bonds is 1. The van der Waals surface area contributed by atoms with Gasteiger partial charge in [-0.25, -0.2) is 9.38 Å². The third kappa shape index (κ3) is 3.09. The molecule has 0 saturated carbocycles. The summed E-state index contributed by atoms with van der Waals surface area (Å²) in [6.07, 6.45) is 1.28. The highest BCUT2D eigenvalue weighted by atomic mass is 35.5. The molecule has 0 radical (unpaired) electrons. The number of nitrogens with zero attached hydrogens (tertiary/aromatic N) is 2. The van der Waals surface area contributed by atoms with E-state index in [4.69, 9.17) is 5.73 Å². The van der Waals surface area contributed by atoms with Crippen molar-refractivity contribution in [3.63, 3.8) is 0 Å². The summed E-state index contributed by atoms with van der Waals surface area (Å²) in [6, 6.07) is 8.56. The number of halogens is 2. The van der Waals surface area contributed by atoms with Crippen molar-refractivity contribution >= 4 is 41.2 Å². The molecule has 2 aromatic rings. The minimum absolute atomic E-state index is 0. The zero-order chi connectivity index (χ0) is 16.7. The van der Waals surface area contributed by atoms with E-state index in [0.29, 0.717) is 37.2 Å². The second-order valence-electron chi connectivity index (χ2n) is 6.09. The summed E-state index contributed by atoms with van der Waals surface area (Å²) in [4.78, 5) is 19.6. The van der Waals surface area contributed by atoms with E-state index in [0.717, 1.165) is 4.88 Å². The topological polar surface area (TPSA) is 70.7 Å². The predicted molar refractivity (Wildman–Crippen MR) is 100 cm³/mol. The number of amidine groups is 1. The summed E-state index contributed by atoms with van der Waals surface area (Å²) in [5.41, 5.74) is 6.46. The molecule has 0 aliphatic carbocycles. The van der Waals surface area contributed by atoms with Gasteiger partial charge in [0.25, 0.3) is 5.91 Å². The SMILES string of the molecule is Cl.NC1=NC2(CCN(C(=O)c3cccs3)CC2)Nc2cccc(F)c21. The molecule has 0 unspecified atom stereocenters. The van der Waals surface area contributed by atoms with Crippen molar-refractivity contribution in [3.8, 4) is 0 Å². The van der Waals surface area contributed by atoms with Gasteiger partial charge in [0.1, 0.15) is 17.3 Å². The molecular formula is C17H18ClFN4OS. The maximum Gasteiger partial charge on any atom is 0.263 e. The van der Waals surface area contributed by atoms with E-state index in [9.17, 15) is 9.18 Å². The molecule has 0 atom stereocenters. The van der Waals surface area contributed by atoms with Gasteiger partial charge >= 0.3 is 0 Å². The minimum Gasteiger partial charge on any atom is -0.383 e. The molecule has 25 heavy (non-hydrogen) atoms. The number of aliphatic imine (C=N–C) groups is 1. The van der Waals surface area contributed by atoms with Crippen LogP contribution in [0.4, 0.5) is 10.1 Å². The molecular weight excluding hydrogens is 363 g/mol. The van der Waals surface area contributed by atoms with Crippen LogP contribution in [0.1, 0.15) is 28.1 Å². The fourth-order valence-electron chi connectivity index (χ4n) is 3.33. The third-order valence-corrected chi connectivity index (χ3v) is 5.44. The fraction of sp³-hybridized carbons (Fsp3) is 0.294. The van der Waals surface area contributed by atoms with E-state index < -0.39 is 5.66 Å². The van der Waals surface area contributed by atoms with Gasteiger partial charge in [-0.3, -0.25) is 4.79 Å². The first-order valence-corrected chi connectivity index (χ1v) is 8.71. The Bertz CT molecular complexity index is 816. The van der Waals surface area contributed by atoms with Gasteiger partial charge in [-0.05, 0) is 23.6 Å². The van der Waals surface area contributed by atoms with Gasteiger partial charge in [0, 0.05) is 31.6 Å². The normalized spacial score (nSPS) is 18.0. The van der Waals surface area contributed by atoms with Gasteiger partial charge in [0.05, 0.1) is 10.4 Å². The molecule has 5 nitrogen and oxygen atoms in total. The number of likely N-dealkylation sites (tertiary alicyclic amines) is 1. The van der Waals surface area contributed by atoms with Gasteiger partial charge in [-0.15, -0.1) is 23.7 Å². The lowest BCUT2D eigenvalue weighted by Gasteiger charge is -2.42. The van der Waals surface area contributed by atoms with Crippen molar-refractivity contribution in [1.29, 1.82) is 0 Å². The van der Waals surface area contributed by atoms with E-state index >= 15 is 0 Å². The van der Waals surface area contributed by atoms with E-state index in [1.54, 1.807) is 6.07 Å². The lowest BCUT2D eigenvalue weighted by molar-refractivity contribution is 0.0690. The largest absolute Gasteiger partial charge is 0.383 e. The third-order valence-electron chi connectivity index (χ3n) is 4.58. The Morgan fingerprint density at radius 1 is 1.28 bits per heavy atom. The van der Waals surface area contributed by atoms with E-state index in [-0.39, 0.29) is 30.0 Å². The molecule has 1 amide bonds. The number of benzene rings is 1. The molecule has 132 valence electrons. The minimum atomic E-state index is -0.558. The zero-order valence-corrected chi connectivity index (χ0v) is 15.0. The van der Waals surface area contributed by atoms with Crippen LogP contribution in [0.3, 0.4) is 0 Å². The van der Waals surface area contributed by atoms with Crippen molar-refractivity contribution in [3.05, 3.63) is 52.0 Å². The van der Waals surface area contributed by atoms with E-state index in [1.807, 2.05) is 28.5 Å². The number of hydrogen-bond acceptors (Lipinski definition) is 5. The smallest absolute Gasteiger partial charge is 0.263 e. The Labute approximate surface area is 155 Å². The average Bonchev–Trinajstić information content (AvgIpc) is 3.09. The summed E-state index contributed by atoms with van der Waals surface area (Å²) >= 11 is 1.45. The molecule has 1 aromatic heterocycles. The lowest BCUT2D eigenvalue weighted by Crippen LogP contribution is -2.52. The Hall–Kier alpha value is -2.12. The molecule has 2 aliphatic heterocycles. The summed E-state index contributed by atoms with van der Waals surface area (Å²) in [6.45, 7) is 1.18. The van der Waals surface area contributed by atoms with Crippen LogP contribution in [-0.4, -0.2) is 35.4 Å². The van der Waals surface area contributed by atoms with Crippen molar-refractivity contribution in [2.75, 3.05) is 18.4 Å². The molecule has 1 aromatic carbocycles. The highest BCUT2D eigenvalue weighted by Gasteiger charge is 2.39. The number of anilines is 1. The maximum atomic E-state index is 13.9. The Morgan fingerprint density at radius 3 is 2.72 bits per heavy atom. The second-order valence-corrected chi connectivity index (χ2v) is 7.03. The number of carbonyl (C=O) groups excluding carboxylic acids is 1. The van der Waals surface area contributed by atoms with Crippen molar-refractivity contribution in [1.82, 2.24) is 4.90 Å². The van der Waals surface area contributed by atoms with Crippen molar-refractivity contribution < 1.29 is 9.18 Å². The van der Waals surface area contributed by atoms with Gasteiger partial charge in [0.2, 0.25) is 0 Å². The summed E-state index contributed by atoms with van der Waals surface area (Å²) in [5.74, 6) is -0.0969. The summed E-state index contributed by atoms with van der Waals surface area (Å²) < 4.78 is 13.9. The Morgan fingerprint density at radius 2 is 2.04 bits per heavy atom. The predicted octanol–water partition coefficient (Wildman–Crippen LogP) is 3.07. The van der Waals surface area contributed by atoms with Crippen LogP contribution in [0.25, 0.3) is 0 Å². The highest BCUT2D eigenvalue weighted by molar-refractivity contribution is 7.12. The molecule has 8 heteroatoms. The molecule has 1 spiro atoms. The number of carbonyl (C=O) groups is 1. The highest BCUT2D eigenvalue weighted by Crippen LogP contribution is 2.35. The molecule has 4 rings (SSSR count). The summed E-state index contributed by atoms with van der Waals surface area (Å²) in [7, 11) is 0. The van der Waals surface area contributed by atoms with Crippen molar-refractivity contribution in [2.24, 2.45) is 10.7 Å². The standard InChI is InChI=1S/C17H17FN4OS.ClH/c18-11-3-1-4-12-14(11)15(19)21-17(20-12)6-8-22(9-7-17)16(23)13-5-2-10-24-13;/h1-5,10,20H,6-9H2,(H2,19,21);1H. The number of fused-ring (bicyclic) bond motifs is 1. The second kappa shape index (κ2) is 6.65. The molecule has 1 fully saturated rings. The first-order valence-electron chi connectivity index (χ1n) is 7.83. The van der Waals surface area contributed by atoms with Crippen LogP contribution < -0.4 is 11.1 Å². The number of piperidine rings is 1. The van der Waals surface area contributed by atoms with E-state index in [2.05, 4.69) is 10.3 Å². The van der Waals surface area contributed by atoms with Gasteiger partial charge in [-0.1, -0.05) is 12.1 Å². The first-order chi connectivity index (χ1) is 11.6. The van der Waals surface area contributed by atoms with Crippen LogP contribution in [0.2, 0.25) is 0 Å². The van der Waals surface area contributed by atoms with Crippen LogP contribution >= 0.6 is 23.7 Å². The van der Waals surface area contributed by atoms with Gasteiger partial charge in [-0.2, -0.15) is 0 Å². The van der Waals surface area contributed by atoms with Crippen LogP contribution in [0.15, 0.2) is 40.7 Å². The Kier molecular flexibility index (Phi) is 4.71. The lowest BCUT2D eigenvalue weighted by atomic mass is 9.93. The van der Waals surface area contributed by atoms with Crippen LogP contribution in [0, 0.1) is 5.82 Å². The van der Waals surface area contributed by atoms with Crippen LogP contribution in [0.5, 0.6) is 0 Å². The first kappa shape index (κ1) is 17.7. The number of nitrogens with one attached hydrogen (secondary N) is 1. The van der Waals surface area contributed by atoms with Gasteiger partial charge < -0.3 is 16.0 Å². The van der Waals surface area contributed by atoms with Crippen LogP contribution in [-0.2, 0) is 0 Å². The zero-order valence-electron chi connectivity index (χ0n) is 13.4. The molecule has 2 aliphatic rings. The molecule has 1 saturated heterocycles. The monoisotopic (exact) mass is 380 g/mol. The maximum absolute atomic E-state index is 13.9. The quantitative estimate of drug-likeness (QED) is 0.798. The average molecular weight is 381 g/mol. The number of nitrogens with two attached hydrogens (primary N) is 1. The number of hydrogen-bond donors (Lipinski definition) is 2. The van der Waals surface area contributed by atoms with Crippen molar-refractivity contribution in [2.45, 2.75) is 18.5 Å². The molecule has 3 N–H and O–H groups in total. The number of amides is 1. The Balaban J connectivity index is 0.00000182.